The van der Waals surface area contributed by atoms with E-state index in [4.69, 9.17) is 5.73 Å². The van der Waals surface area contributed by atoms with E-state index in [9.17, 15) is 10.2 Å². The lowest BCUT2D eigenvalue weighted by Crippen LogP contribution is -2.34. The highest BCUT2D eigenvalue weighted by Gasteiger charge is 2.33. The third-order valence-corrected chi connectivity index (χ3v) is 4.77. The number of benzene rings is 1. The Balaban J connectivity index is 3.11. The van der Waals surface area contributed by atoms with Gasteiger partial charge in [-0.05, 0) is 49.4 Å². The van der Waals surface area contributed by atoms with Crippen molar-refractivity contribution in [3.05, 3.63) is 34.9 Å². The maximum Gasteiger partial charge on any atom is 0.0804 e. The minimum atomic E-state index is -0.672. The molecule has 2 unspecified atom stereocenters. The van der Waals surface area contributed by atoms with E-state index in [1.54, 1.807) is 0 Å². The molecule has 0 spiro atoms. The van der Waals surface area contributed by atoms with Crippen molar-refractivity contribution in [1.82, 2.24) is 0 Å². The molecule has 0 aliphatic rings. The predicted octanol–water partition coefficient (Wildman–Crippen LogP) is 3.81. The van der Waals surface area contributed by atoms with Gasteiger partial charge in [0.15, 0.2) is 0 Å². The highest BCUT2D eigenvalue weighted by molar-refractivity contribution is 5.35. The third-order valence-electron chi connectivity index (χ3n) is 4.77. The van der Waals surface area contributed by atoms with Crippen LogP contribution in [-0.2, 0) is 0 Å². The van der Waals surface area contributed by atoms with Crippen molar-refractivity contribution in [3.63, 3.8) is 0 Å². The summed E-state index contributed by atoms with van der Waals surface area (Å²) in [7, 11) is 0. The zero-order valence-electron chi connectivity index (χ0n) is 14.6. The molecule has 0 bridgehead atoms. The largest absolute Gasteiger partial charge is 0.389 e. The van der Waals surface area contributed by atoms with Crippen molar-refractivity contribution < 1.29 is 10.2 Å². The lowest BCUT2D eigenvalue weighted by atomic mass is 9.77. The predicted molar refractivity (Wildman–Crippen MR) is 93.0 cm³/mol. The molecular formula is C19H33NO2. The minimum absolute atomic E-state index is 0.0526. The molecule has 0 saturated carbocycles. The van der Waals surface area contributed by atoms with Crippen LogP contribution in [0.4, 0.5) is 0 Å². The van der Waals surface area contributed by atoms with Crippen molar-refractivity contribution in [2.75, 3.05) is 6.54 Å². The smallest absolute Gasteiger partial charge is 0.0804 e. The van der Waals surface area contributed by atoms with E-state index in [0.717, 1.165) is 42.4 Å². The Labute approximate surface area is 135 Å². The van der Waals surface area contributed by atoms with Crippen LogP contribution in [-0.4, -0.2) is 22.4 Å². The summed E-state index contributed by atoms with van der Waals surface area (Å²) in [6.45, 7) is 8.79. The second kappa shape index (κ2) is 8.66. The van der Waals surface area contributed by atoms with Crippen LogP contribution >= 0.6 is 0 Å². The van der Waals surface area contributed by atoms with Gasteiger partial charge in [0.25, 0.3) is 0 Å². The maximum absolute atomic E-state index is 11.1. The molecule has 0 fully saturated rings. The molecule has 0 aromatic heterocycles. The molecule has 0 aliphatic carbocycles. The van der Waals surface area contributed by atoms with Crippen molar-refractivity contribution in [2.45, 2.75) is 77.4 Å². The van der Waals surface area contributed by atoms with Gasteiger partial charge in [-0.15, -0.1) is 0 Å². The summed E-state index contributed by atoms with van der Waals surface area (Å²) in [4.78, 5) is 0. The van der Waals surface area contributed by atoms with E-state index >= 15 is 0 Å². The summed E-state index contributed by atoms with van der Waals surface area (Å²) < 4.78 is 0. The van der Waals surface area contributed by atoms with E-state index in [1.165, 1.54) is 0 Å². The molecule has 1 aromatic carbocycles. The van der Waals surface area contributed by atoms with Crippen molar-refractivity contribution in [1.29, 1.82) is 0 Å². The van der Waals surface area contributed by atoms with Gasteiger partial charge in [-0.1, -0.05) is 51.8 Å². The van der Waals surface area contributed by atoms with Gasteiger partial charge < -0.3 is 15.9 Å². The van der Waals surface area contributed by atoms with Gasteiger partial charge in [-0.3, -0.25) is 0 Å². The van der Waals surface area contributed by atoms with Crippen LogP contribution < -0.4 is 5.73 Å². The van der Waals surface area contributed by atoms with E-state index < -0.39 is 11.7 Å². The normalized spacial score (nSPS) is 14.9. The summed E-state index contributed by atoms with van der Waals surface area (Å²) in [6, 6.07) is 6.17. The summed E-state index contributed by atoms with van der Waals surface area (Å²) in [5.74, 6) is 0.0526. The number of hydrogen-bond donors (Lipinski definition) is 3. The van der Waals surface area contributed by atoms with Crippen molar-refractivity contribution in [3.8, 4) is 0 Å². The fraction of sp³-hybridized carbons (Fsp3) is 0.684. The Kier molecular flexibility index (Phi) is 7.54. The molecule has 0 saturated heterocycles. The van der Waals surface area contributed by atoms with Crippen LogP contribution in [0, 0.1) is 6.92 Å². The van der Waals surface area contributed by atoms with Crippen LogP contribution in [0.1, 0.15) is 81.6 Å². The number of aliphatic hydroxyl groups is 2. The first-order valence-electron chi connectivity index (χ1n) is 8.60. The molecule has 4 N–H and O–H groups in total. The first kappa shape index (κ1) is 19.1. The minimum Gasteiger partial charge on any atom is -0.389 e. The molecule has 3 nitrogen and oxygen atoms in total. The third kappa shape index (κ3) is 4.55. The van der Waals surface area contributed by atoms with Gasteiger partial charge in [0.2, 0.25) is 0 Å². The van der Waals surface area contributed by atoms with Crippen molar-refractivity contribution >= 4 is 0 Å². The van der Waals surface area contributed by atoms with Gasteiger partial charge in [0, 0.05) is 5.92 Å². The summed E-state index contributed by atoms with van der Waals surface area (Å²) in [6.07, 6.45) is 3.58. The van der Waals surface area contributed by atoms with E-state index in [0.29, 0.717) is 13.0 Å². The summed E-state index contributed by atoms with van der Waals surface area (Å²) >= 11 is 0. The molecule has 1 rings (SSSR count). The van der Waals surface area contributed by atoms with Crippen LogP contribution in [0.25, 0.3) is 0 Å². The summed E-state index contributed by atoms with van der Waals surface area (Å²) in [5.41, 5.74) is 8.00. The quantitative estimate of drug-likeness (QED) is 0.650. The molecular weight excluding hydrogens is 274 g/mol. The lowest BCUT2D eigenvalue weighted by molar-refractivity contribution is -0.00100. The van der Waals surface area contributed by atoms with E-state index in [2.05, 4.69) is 32.9 Å². The molecule has 1 aromatic rings. The molecule has 0 radical (unpaired) electrons. The second-order valence-corrected chi connectivity index (χ2v) is 6.53. The second-order valence-electron chi connectivity index (χ2n) is 6.53. The SMILES string of the molecule is CCCC(O)(CCC)C(C)c1ccc(C)c(C(O)CCN)c1. The molecule has 0 aliphatic heterocycles. The fourth-order valence-electron chi connectivity index (χ4n) is 3.33. The van der Waals surface area contributed by atoms with Crippen LogP contribution in [0.15, 0.2) is 18.2 Å². The number of nitrogens with two attached hydrogens (primary N) is 1. The Bertz CT molecular complexity index is 453. The number of hydrogen-bond acceptors (Lipinski definition) is 3. The van der Waals surface area contributed by atoms with Gasteiger partial charge in [-0.25, -0.2) is 0 Å². The topological polar surface area (TPSA) is 66.5 Å². The Hall–Kier alpha value is -0.900. The fourth-order valence-corrected chi connectivity index (χ4v) is 3.33. The molecule has 2 atom stereocenters. The van der Waals surface area contributed by atoms with Crippen molar-refractivity contribution in [2.24, 2.45) is 5.73 Å². The van der Waals surface area contributed by atoms with Crippen LogP contribution in [0.2, 0.25) is 0 Å². The lowest BCUT2D eigenvalue weighted by Gasteiger charge is -2.35. The van der Waals surface area contributed by atoms with E-state index in [-0.39, 0.29) is 5.92 Å². The summed E-state index contributed by atoms with van der Waals surface area (Å²) in [5, 5.41) is 21.3. The number of rotatable bonds is 9. The highest BCUT2D eigenvalue weighted by Crippen LogP contribution is 2.37. The van der Waals surface area contributed by atoms with Gasteiger partial charge in [0.05, 0.1) is 11.7 Å². The van der Waals surface area contributed by atoms with Gasteiger partial charge in [-0.2, -0.15) is 0 Å². The zero-order valence-corrected chi connectivity index (χ0v) is 14.6. The number of aliphatic hydroxyl groups excluding tert-OH is 1. The Morgan fingerprint density at radius 2 is 1.77 bits per heavy atom. The highest BCUT2D eigenvalue weighted by atomic mass is 16.3. The van der Waals surface area contributed by atoms with Crippen LogP contribution in [0.3, 0.4) is 0 Å². The monoisotopic (exact) mass is 307 g/mol. The maximum atomic E-state index is 11.1. The first-order chi connectivity index (χ1) is 10.4. The first-order valence-corrected chi connectivity index (χ1v) is 8.60. The molecule has 126 valence electrons. The molecule has 22 heavy (non-hydrogen) atoms. The number of aryl methyl sites for hydroxylation is 1. The molecule has 0 amide bonds. The average Bonchev–Trinajstić information content (AvgIpc) is 2.47. The van der Waals surface area contributed by atoms with Crippen LogP contribution in [0.5, 0.6) is 0 Å². The Morgan fingerprint density at radius 1 is 1.18 bits per heavy atom. The zero-order chi connectivity index (χ0) is 16.8. The molecule has 3 heteroatoms. The molecule has 0 heterocycles. The van der Waals surface area contributed by atoms with E-state index in [1.807, 2.05) is 13.0 Å². The standard InChI is InChI=1S/C19H33NO2/c1-5-10-19(22,11-6-2)15(4)16-8-7-14(3)17(13-16)18(21)9-12-20/h7-8,13,15,18,21-22H,5-6,9-12,20H2,1-4H3. The Morgan fingerprint density at radius 3 is 2.27 bits per heavy atom. The van der Waals surface area contributed by atoms with Gasteiger partial charge >= 0.3 is 0 Å². The average molecular weight is 307 g/mol. The van der Waals surface area contributed by atoms with Gasteiger partial charge in [0.1, 0.15) is 0 Å².